The molecule has 0 spiro atoms. The molecule has 0 unspecified atom stereocenters. The third-order valence-corrected chi connectivity index (χ3v) is 9.20. The molecule has 9 aromatic rings. The Morgan fingerprint density at radius 2 is 0.941 bits per heavy atom. The van der Waals surface area contributed by atoms with Crippen molar-refractivity contribution < 1.29 is 4.42 Å². The molecule has 5 nitrogen and oxygen atoms in total. The molecule has 0 amide bonds. The van der Waals surface area contributed by atoms with Crippen LogP contribution < -0.4 is 0 Å². The van der Waals surface area contributed by atoms with E-state index in [0.29, 0.717) is 23.0 Å². The fourth-order valence-electron chi connectivity index (χ4n) is 6.73. The average molecular weight is 653 g/mol. The summed E-state index contributed by atoms with van der Waals surface area (Å²) < 4.78 is 6.78. The number of hydrogen-bond donors (Lipinski definition) is 0. The number of aromatic nitrogens is 3. The molecule has 0 atom stereocenters. The van der Waals surface area contributed by atoms with Crippen molar-refractivity contribution in [3.05, 3.63) is 175 Å². The molecule has 0 fully saturated rings. The molecule has 0 radical (unpaired) electrons. The standard InChI is InChI=1S/C46H28N4O/c47-29-36-19-10-11-22-37(36)33-20-12-21-34(27-33)45-48-44(32-17-8-3-9-18-32)49-46(50-45)35-23-24-40-41(28-35)51-43-39(31-15-6-2-7-16-31)26-25-38(42(40)43)30-13-4-1-5-14-30/h1-28H. The van der Waals surface area contributed by atoms with Gasteiger partial charge in [0.2, 0.25) is 0 Å². The highest BCUT2D eigenvalue weighted by molar-refractivity contribution is 6.16. The molecule has 0 aliphatic carbocycles. The lowest BCUT2D eigenvalue weighted by Crippen LogP contribution is -2.00. The van der Waals surface area contributed by atoms with E-state index in [1.165, 1.54) is 0 Å². The molecule has 0 bridgehead atoms. The summed E-state index contributed by atoms with van der Waals surface area (Å²) in [7, 11) is 0. The summed E-state index contributed by atoms with van der Waals surface area (Å²) in [6.07, 6.45) is 0. The Morgan fingerprint density at radius 3 is 1.63 bits per heavy atom. The van der Waals surface area contributed by atoms with E-state index in [2.05, 4.69) is 66.7 Å². The van der Waals surface area contributed by atoms with Gasteiger partial charge in [-0.15, -0.1) is 0 Å². The second-order valence-electron chi connectivity index (χ2n) is 12.3. The van der Waals surface area contributed by atoms with Crippen molar-refractivity contribution >= 4 is 21.9 Å². The van der Waals surface area contributed by atoms with Crippen molar-refractivity contribution in [1.82, 2.24) is 15.0 Å². The summed E-state index contributed by atoms with van der Waals surface area (Å²) in [6.45, 7) is 0. The van der Waals surface area contributed by atoms with Crippen LogP contribution in [0.2, 0.25) is 0 Å². The summed E-state index contributed by atoms with van der Waals surface area (Å²) in [5.74, 6) is 1.65. The first-order valence-corrected chi connectivity index (χ1v) is 16.8. The zero-order valence-electron chi connectivity index (χ0n) is 27.4. The van der Waals surface area contributed by atoms with Crippen molar-refractivity contribution in [3.63, 3.8) is 0 Å². The quantitative estimate of drug-likeness (QED) is 0.179. The first-order valence-electron chi connectivity index (χ1n) is 16.8. The Balaban J connectivity index is 1.23. The Kier molecular flexibility index (Phi) is 7.46. The molecule has 51 heavy (non-hydrogen) atoms. The van der Waals surface area contributed by atoms with Crippen LogP contribution in [0.25, 0.3) is 89.5 Å². The monoisotopic (exact) mass is 652 g/mol. The van der Waals surface area contributed by atoms with E-state index in [0.717, 1.165) is 72.0 Å². The van der Waals surface area contributed by atoms with Gasteiger partial charge in [0, 0.05) is 33.0 Å². The fraction of sp³-hybridized carbons (Fsp3) is 0. The van der Waals surface area contributed by atoms with E-state index in [4.69, 9.17) is 19.4 Å². The van der Waals surface area contributed by atoms with E-state index < -0.39 is 0 Å². The molecule has 2 aromatic heterocycles. The van der Waals surface area contributed by atoms with E-state index in [-0.39, 0.29) is 0 Å². The Bertz CT molecular complexity index is 2750. The number of furan rings is 1. The second kappa shape index (κ2) is 12.7. The van der Waals surface area contributed by atoms with Crippen LogP contribution in [0.5, 0.6) is 0 Å². The van der Waals surface area contributed by atoms with Gasteiger partial charge in [-0.25, -0.2) is 15.0 Å². The number of hydrogen-bond acceptors (Lipinski definition) is 5. The van der Waals surface area contributed by atoms with Crippen LogP contribution in [-0.2, 0) is 0 Å². The Hall–Kier alpha value is -7.16. The predicted octanol–water partition coefficient (Wildman–Crippen LogP) is 11.6. The van der Waals surface area contributed by atoms with Gasteiger partial charge in [-0.3, -0.25) is 0 Å². The third kappa shape index (κ3) is 5.51. The SMILES string of the molecule is N#Cc1ccccc1-c1cccc(-c2nc(-c3ccccc3)nc(-c3ccc4c(c3)oc3c(-c5ccccc5)ccc(-c5ccccc5)c34)n2)c1. The molecule has 238 valence electrons. The summed E-state index contributed by atoms with van der Waals surface area (Å²) in [4.78, 5) is 15.0. The van der Waals surface area contributed by atoms with E-state index in [1.54, 1.807) is 0 Å². The minimum absolute atomic E-state index is 0.538. The molecule has 0 aliphatic rings. The maximum atomic E-state index is 9.77. The lowest BCUT2D eigenvalue weighted by atomic mass is 9.94. The fourth-order valence-corrected chi connectivity index (χ4v) is 6.73. The molecular formula is C46H28N4O. The molecular weight excluding hydrogens is 625 g/mol. The van der Waals surface area contributed by atoms with Gasteiger partial charge in [0.1, 0.15) is 11.2 Å². The summed E-state index contributed by atoms with van der Waals surface area (Å²) >= 11 is 0. The van der Waals surface area contributed by atoms with E-state index in [9.17, 15) is 5.26 Å². The molecule has 7 aromatic carbocycles. The largest absolute Gasteiger partial charge is 0.455 e. The topological polar surface area (TPSA) is 75.6 Å². The minimum atomic E-state index is 0.538. The van der Waals surface area contributed by atoms with Crippen molar-refractivity contribution in [3.8, 4) is 73.6 Å². The van der Waals surface area contributed by atoms with Crippen molar-refractivity contribution in [2.24, 2.45) is 0 Å². The molecule has 0 aliphatic heterocycles. The zero-order chi connectivity index (χ0) is 34.1. The van der Waals surface area contributed by atoms with Crippen LogP contribution in [0.3, 0.4) is 0 Å². The van der Waals surface area contributed by atoms with E-state index in [1.807, 2.05) is 109 Å². The van der Waals surface area contributed by atoms with Gasteiger partial charge in [0.25, 0.3) is 0 Å². The first-order chi connectivity index (χ1) is 25.2. The molecule has 2 heterocycles. The maximum absolute atomic E-state index is 9.77. The second-order valence-corrected chi connectivity index (χ2v) is 12.3. The molecule has 0 saturated heterocycles. The van der Waals surface area contributed by atoms with Crippen molar-refractivity contribution in [2.45, 2.75) is 0 Å². The van der Waals surface area contributed by atoms with Gasteiger partial charge in [0.15, 0.2) is 17.5 Å². The molecule has 0 N–H and O–H groups in total. The third-order valence-electron chi connectivity index (χ3n) is 9.20. The van der Waals surface area contributed by atoms with Crippen LogP contribution in [0.15, 0.2) is 174 Å². The lowest BCUT2D eigenvalue weighted by Gasteiger charge is -2.10. The van der Waals surface area contributed by atoms with Gasteiger partial charge in [-0.05, 0) is 58.1 Å². The van der Waals surface area contributed by atoms with Gasteiger partial charge in [-0.2, -0.15) is 5.26 Å². The number of nitriles is 1. The first kappa shape index (κ1) is 29.9. The van der Waals surface area contributed by atoms with Crippen LogP contribution in [0, 0.1) is 11.3 Å². The highest BCUT2D eigenvalue weighted by Gasteiger charge is 2.19. The summed E-state index contributed by atoms with van der Waals surface area (Å²) in [6, 6.07) is 59.2. The molecule has 0 saturated carbocycles. The highest BCUT2D eigenvalue weighted by atomic mass is 16.3. The Morgan fingerprint density at radius 1 is 0.412 bits per heavy atom. The lowest BCUT2D eigenvalue weighted by molar-refractivity contribution is 0.670. The number of fused-ring (bicyclic) bond motifs is 3. The van der Waals surface area contributed by atoms with Gasteiger partial charge < -0.3 is 4.42 Å². The highest BCUT2D eigenvalue weighted by Crippen LogP contribution is 2.42. The number of nitrogens with zero attached hydrogens (tertiary/aromatic N) is 4. The number of rotatable bonds is 6. The van der Waals surface area contributed by atoms with E-state index >= 15 is 0 Å². The molecule has 9 rings (SSSR count). The Labute approximate surface area is 294 Å². The van der Waals surface area contributed by atoms with Gasteiger partial charge in [0.05, 0.1) is 11.6 Å². The van der Waals surface area contributed by atoms with Crippen LogP contribution in [0.1, 0.15) is 5.56 Å². The number of benzene rings is 7. The summed E-state index contributed by atoms with van der Waals surface area (Å²) in [5, 5.41) is 11.9. The normalized spacial score (nSPS) is 11.1. The van der Waals surface area contributed by atoms with Crippen LogP contribution in [-0.4, -0.2) is 15.0 Å². The predicted molar refractivity (Wildman–Crippen MR) is 204 cm³/mol. The summed E-state index contributed by atoms with van der Waals surface area (Å²) in [5.41, 5.74) is 10.9. The average Bonchev–Trinajstić information content (AvgIpc) is 3.60. The van der Waals surface area contributed by atoms with Gasteiger partial charge in [-0.1, -0.05) is 140 Å². The zero-order valence-corrected chi connectivity index (χ0v) is 27.4. The van der Waals surface area contributed by atoms with Crippen LogP contribution in [0.4, 0.5) is 0 Å². The van der Waals surface area contributed by atoms with Crippen molar-refractivity contribution in [2.75, 3.05) is 0 Å². The minimum Gasteiger partial charge on any atom is -0.455 e. The maximum Gasteiger partial charge on any atom is 0.164 e. The van der Waals surface area contributed by atoms with Gasteiger partial charge >= 0.3 is 0 Å². The van der Waals surface area contributed by atoms with Crippen LogP contribution >= 0.6 is 0 Å². The molecule has 5 heteroatoms. The van der Waals surface area contributed by atoms with Crippen molar-refractivity contribution in [1.29, 1.82) is 5.26 Å². The smallest absolute Gasteiger partial charge is 0.164 e.